The number of aromatic nitrogens is 3. The molecule has 0 saturated carbocycles. The summed E-state index contributed by atoms with van der Waals surface area (Å²) in [4.78, 5) is 25.3. The Morgan fingerprint density at radius 2 is 2.03 bits per heavy atom. The van der Waals surface area contributed by atoms with E-state index in [0.29, 0.717) is 37.7 Å². The van der Waals surface area contributed by atoms with E-state index in [-0.39, 0.29) is 11.4 Å². The van der Waals surface area contributed by atoms with Crippen LogP contribution in [-0.4, -0.2) is 59.9 Å². The molecule has 0 aliphatic carbocycles. The summed E-state index contributed by atoms with van der Waals surface area (Å²) in [6.07, 6.45) is 0.792. The van der Waals surface area contributed by atoms with Gasteiger partial charge in [0.05, 0.1) is 42.1 Å². The van der Waals surface area contributed by atoms with Crippen LogP contribution >= 0.6 is 0 Å². The summed E-state index contributed by atoms with van der Waals surface area (Å²) in [6.45, 7) is 8.33. The van der Waals surface area contributed by atoms with Gasteiger partial charge in [0, 0.05) is 37.0 Å². The first kappa shape index (κ1) is 21.3. The van der Waals surface area contributed by atoms with Crippen LogP contribution in [0.5, 0.6) is 0 Å². The highest BCUT2D eigenvalue weighted by Crippen LogP contribution is 2.30. The van der Waals surface area contributed by atoms with E-state index < -0.39 is 0 Å². The van der Waals surface area contributed by atoms with Crippen molar-refractivity contribution in [3.63, 3.8) is 0 Å². The number of ether oxygens (including phenoxy) is 2. The van der Waals surface area contributed by atoms with Crippen LogP contribution in [0.4, 0.5) is 5.82 Å². The summed E-state index contributed by atoms with van der Waals surface area (Å²) in [7, 11) is 1.66. The van der Waals surface area contributed by atoms with Crippen LogP contribution in [0.25, 0.3) is 22.3 Å². The fourth-order valence-corrected chi connectivity index (χ4v) is 3.77. The number of nitrogens with zero attached hydrogens (tertiary/aromatic N) is 2. The van der Waals surface area contributed by atoms with Gasteiger partial charge in [0.1, 0.15) is 11.3 Å². The minimum absolute atomic E-state index is 0.0384. The summed E-state index contributed by atoms with van der Waals surface area (Å²) in [6, 6.07) is 7.83. The van der Waals surface area contributed by atoms with E-state index >= 15 is 0 Å². The topological polar surface area (TPSA) is 101 Å². The molecule has 0 unspecified atom stereocenters. The molecule has 31 heavy (non-hydrogen) atoms. The largest absolute Gasteiger partial charge is 0.382 e. The zero-order valence-electron chi connectivity index (χ0n) is 18.5. The maximum Gasteiger partial charge on any atom is 0.253 e. The van der Waals surface area contributed by atoms with Crippen molar-refractivity contribution >= 4 is 22.8 Å². The van der Waals surface area contributed by atoms with Crippen molar-refractivity contribution in [3.8, 4) is 11.3 Å². The lowest BCUT2D eigenvalue weighted by Gasteiger charge is -2.27. The Bertz CT molecular complexity index is 1110. The third-order valence-corrected chi connectivity index (χ3v) is 5.32. The lowest BCUT2D eigenvalue weighted by atomic mass is 10.1. The molecule has 3 aromatic rings. The molecule has 0 radical (unpaired) electrons. The number of para-hydroxylation sites is 1. The number of benzene rings is 1. The molecule has 0 atom stereocenters. The Balaban J connectivity index is 1.67. The number of fused-ring (bicyclic) bond motifs is 2. The Labute approximate surface area is 181 Å². The number of H-pyrrole nitrogens is 1. The van der Waals surface area contributed by atoms with E-state index in [4.69, 9.17) is 19.4 Å². The maximum absolute atomic E-state index is 12.2. The fraction of sp³-hybridized carbons (Fsp3) is 0.435. The number of hydrogen-bond acceptors (Lipinski definition) is 6. The lowest BCUT2D eigenvalue weighted by molar-refractivity contribution is 0.0539. The Hall–Kier alpha value is -2.97. The standard InChI is InChI=1S/C23H29N5O3/c1-14-21(28-23(2,3)13-31-11-10-30-4)27-20-15(6-5-7-18(20)25-14)19-12-16-17(26-19)8-9-24-22(16)29/h5-7,12,26H,8-11,13H2,1-4H3,(H,24,29)(H,27,28). The van der Waals surface area contributed by atoms with Crippen LogP contribution in [0.1, 0.15) is 35.6 Å². The summed E-state index contributed by atoms with van der Waals surface area (Å²) in [5.74, 6) is 0.679. The second-order valence-electron chi connectivity index (χ2n) is 8.47. The zero-order chi connectivity index (χ0) is 22.0. The van der Waals surface area contributed by atoms with Crippen LogP contribution in [0.2, 0.25) is 0 Å². The van der Waals surface area contributed by atoms with Crippen molar-refractivity contribution in [1.29, 1.82) is 0 Å². The Kier molecular flexibility index (Phi) is 5.93. The minimum atomic E-state index is -0.334. The fourth-order valence-electron chi connectivity index (χ4n) is 3.77. The van der Waals surface area contributed by atoms with Gasteiger partial charge in [-0.3, -0.25) is 4.79 Å². The first-order valence-electron chi connectivity index (χ1n) is 10.5. The molecule has 3 N–H and O–H groups in total. The van der Waals surface area contributed by atoms with Gasteiger partial charge in [-0.25, -0.2) is 9.97 Å². The van der Waals surface area contributed by atoms with E-state index in [1.165, 1.54) is 0 Å². The number of carbonyl (C=O) groups is 1. The number of aromatic amines is 1. The van der Waals surface area contributed by atoms with Gasteiger partial charge in [-0.05, 0) is 32.9 Å². The number of amides is 1. The predicted molar refractivity (Wildman–Crippen MR) is 120 cm³/mol. The summed E-state index contributed by atoms with van der Waals surface area (Å²) >= 11 is 0. The van der Waals surface area contributed by atoms with Crippen molar-refractivity contribution in [1.82, 2.24) is 20.3 Å². The summed E-state index contributed by atoms with van der Waals surface area (Å²) < 4.78 is 10.7. The Morgan fingerprint density at radius 1 is 1.19 bits per heavy atom. The average Bonchev–Trinajstić information content (AvgIpc) is 3.17. The van der Waals surface area contributed by atoms with Crippen molar-refractivity contribution in [2.75, 3.05) is 38.8 Å². The molecule has 0 saturated heterocycles. The molecule has 3 heterocycles. The van der Waals surface area contributed by atoms with Gasteiger partial charge in [0.2, 0.25) is 0 Å². The van der Waals surface area contributed by atoms with Crippen LogP contribution < -0.4 is 10.6 Å². The SMILES string of the molecule is COCCOCC(C)(C)Nc1nc2c(-c3cc4c([nH]3)CCNC4=O)cccc2nc1C. The van der Waals surface area contributed by atoms with Crippen molar-refractivity contribution in [2.24, 2.45) is 0 Å². The highest BCUT2D eigenvalue weighted by molar-refractivity contribution is 5.99. The van der Waals surface area contributed by atoms with Gasteiger partial charge in [-0.2, -0.15) is 0 Å². The molecular weight excluding hydrogens is 394 g/mol. The van der Waals surface area contributed by atoms with Crippen LogP contribution in [-0.2, 0) is 15.9 Å². The Morgan fingerprint density at radius 3 is 2.81 bits per heavy atom. The van der Waals surface area contributed by atoms with Crippen LogP contribution in [0, 0.1) is 6.92 Å². The van der Waals surface area contributed by atoms with Crippen LogP contribution in [0.15, 0.2) is 24.3 Å². The minimum Gasteiger partial charge on any atom is -0.382 e. The second kappa shape index (κ2) is 8.64. The van der Waals surface area contributed by atoms with Gasteiger partial charge >= 0.3 is 0 Å². The number of nitrogens with one attached hydrogen (secondary N) is 3. The first-order valence-corrected chi connectivity index (χ1v) is 10.5. The van der Waals surface area contributed by atoms with Crippen molar-refractivity contribution < 1.29 is 14.3 Å². The molecular formula is C23H29N5O3. The molecule has 0 bridgehead atoms. The number of methoxy groups -OCH3 is 1. The van der Waals surface area contributed by atoms with E-state index in [1.54, 1.807) is 7.11 Å². The van der Waals surface area contributed by atoms with Gasteiger partial charge in [0.25, 0.3) is 5.91 Å². The van der Waals surface area contributed by atoms with Crippen molar-refractivity contribution in [2.45, 2.75) is 32.7 Å². The molecule has 8 nitrogen and oxygen atoms in total. The summed E-state index contributed by atoms with van der Waals surface area (Å²) in [5.41, 5.74) is 5.54. The molecule has 164 valence electrons. The molecule has 1 amide bonds. The predicted octanol–water partition coefficient (Wildman–Crippen LogP) is 3.07. The monoisotopic (exact) mass is 423 g/mol. The highest BCUT2D eigenvalue weighted by Gasteiger charge is 2.23. The summed E-state index contributed by atoms with van der Waals surface area (Å²) in [5, 5.41) is 6.37. The molecule has 1 aliphatic rings. The molecule has 4 rings (SSSR count). The molecule has 1 aliphatic heterocycles. The zero-order valence-corrected chi connectivity index (χ0v) is 18.5. The molecule has 1 aromatic carbocycles. The van der Waals surface area contributed by atoms with Gasteiger partial charge < -0.3 is 25.1 Å². The van der Waals surface area contributed by atoms with E-state index in [1.807, 2.05) is 31.2 Å². The normalized spacial score (nSPS) is 13.9. The average molecular weight is 424 g/mol. The third-order valence-electron chi connectivity index (χ3n) is 5.32. The number of carbonyl (C=O) groups excluding carboxylic acids is 1. The van der Waals surface area contributed by atoms with E-state index in [9.17, 15) is 4.79 Å². The maximum atomic E-state index is 12.2. The first-order chi connectivity index (χ1) is 14.9. The number of hydrogen-bond donors (Lipinski definition) is 3. The quantitative estimate of drug-likeness (QED) is 0.482. The second-order valence-corrected chi connectivity index (χ2v) is 8.47. The van der Waals surface area contributed by atoms with Gasteiger partial charge in [-0.1, -0.05) is 12.1 Å². The van der Waals surface area contributed by atoms with Crippen LogP contribution in [0.3, 0.4) is 0 Å². The van der Waals surface area contributed by atoms with E-state index in [2.05, 4.69) is 29.5 Å². The van der Waals surface area contributed by atoms with Gasteiger partial charge in [-0.15, -0.1) is 0 Å². The van der Waals surface area contributed by atoms with Gasteiger partial charge in [0.15, 0.2) is 0 Å². The third kappa shape index (κ3) is 4.55. The van der Waals surface area contributed by atoms with E-state index in [0.717, 1.165) is 40.1 Å². The molecule has 2 aromatic heterocycles. The number of rotatable bonds is 8. The number of aryl methyl sites for hydroxylation is 1. The highest BCUT2D eigenvalue weighted by atomic mass is 16.5. The molecule has 8 heteroatoms. The smallest absolute Gasteiger partial charge is 0.253 e. The molecule has 0 spiro atoms. The van der Waals surface area contributed by atoms with Crippen molar-refractivity contribution in [3.05, 3.63) is 41.2 Å². The lowest BCUT2D eigenvalue weighted by Crippen LogP contribution is -2.37. The molecule has 0 fully saturated rings. The number of anilines is 1.